The predicted molar refractivity (Wildman–Crippen MR) is 71.5 cm³/mol. The first-order chi connectivity index (χ1) is 9.28. The van der Waals surface area contributed by atoms with Crippen LogP contribution in [0.15, 0.2) is 30.6 Å². The third kappa shape index (κ3) is 4.40. The van der Waals surface area contributed by atoms with Crippen molar-refractivity contribution < 1.29 is 9.90 Å². The van der Waals surface area contributed by atoms with Crippen LogP contribution in [0.3, 0.4) is 0 Å². The van der Waals surface area contributed by atoms with Gasteiger partial charge < -0.3 is 15.7 Å². The first-order valence-corrected chi connectivity index (χ1v) is 6.59. The molecule has 0 aromatic carbocycles. The van der Waals surface area contributed by atoms with Gasteiger partial charge in [-0.05, 0) is 18.9 Å². The summed E-state index contributed by atoms with van der Waals surface area (Å²) in [7, 11) is 0. The lowest BCUT2D eigenvalue weighted by atomic mass is 10.1. The highest BCUT2D eigenvalue weighted by molar-refractivity contribution is 5.74. The summed E-state index contributed by atoms with van der Waals surface area (Å²) >= 11 is 0. The average Bonchev–Trinajstić information content (AvgIpc) is 3.05. The third-order valence-electron chi connectivity index (χ3n) is 3.13. The zero-order valence-electron chi connectivity index (χ0n) is 10.8. The zero-order valence-corrected chi connectivity index (χ0v) is 10.8. The molecular formula is C13H20N4O2. The standard InChI is InChI=1S/C13H20N4O2/c18-10-11-3-4-12(9-11)16-13(19)14-5-1-7-17-8-2-6-15-17/h2-4,6,8,11-12,18H,1,5,7,9-10H2,(H2,14,16,19)/t11-,12+/m0/s1. The van der Waals surface area contributed by atoms with E-state index in [9.17, 15) is 4.79 Å². The third-order valence-corrected chi connectivity index (χ3v) is 3.13. The van der Waals surface area contributed by atoms with Crippen LogP contribution in [0.1, 0.15) is 12.8 Å². The van der Waals surface area contributed by atoms with E-state index in [1.165, 1.54) is 0 Å². The fourth-order valence-electron chi connectivity index (χ4n) is 2.11. The average molecular weight is 264 g/mol. The molecule has 2 amide bonds. The van der Waals surface area contributed by atoms with Crippen molar-refractivity contribution in [2.24, 2.45) is 5.92 Å². The van der Waals surface area contributed by atoms with Gasteiger partial charge in [0.2, 0.25) is 0 Å². The first-order valence-electron chi connectivity index (χ1n) is 6.59. The molecule has 2 atom stereocenters. The van der Waals surface area contributed by atoms with E-state index in [-0.39, 0.29) is 24.6 Å². The van der Waals surface area contributed by atoms with Gasteiger partial charge in [0.15, 0.2) is 0 Å². The normalized spacial score (nSPS) is 21.5. The summed E-state index contributed by atoms with van der Waals surface area (Å²) in [5.41, 5.74) is 0. The molecule has 104 valence electrons. The molecule has 0 radical (unpaired) electrons. The molecule has 6 nitrogen and oxygen atoms in total. The van der Waals surface area contributed by atoms with Gasteiger partial charge in [0, 0.05) is 44.0 Å². The Morgan fingerprint density at radius 3 is 3.05 bits per heavy atom. The molecule has 6 heteroatoms. The second-order valence-corrected chi connectivity index (χ2v) is 4.69. The summed E-state index contributed by atoms with van der Waals surface area (Å²) < 4.78 is 1.84. The minimum Gasteiger partial charge on any atom is -0.396 e. The van der Waals surface area contributed by atoms with Gasteiger partial charge in [-0.2, -0.15) is 5.10 Å². The van der Waals surface area contributed by atoms with Crippen molar-refractivity contribution in [1.29, 1.82) is 0 Å². The SMILES string of the molecule is O=C(NCCCn1cccn1)N[C@@H]1C=C[C@H](CO)C1. The van der Waals surface area contributed by atoms with Crippen molar-refractivity contribution in [3.05, 3.63) is 30.6 Å². The fourth-order valence-corrected chi connectivity index (χ4v) is 2.11. The maximum absolute atomic E-state index is 11.6. The molecule has 0 aliphatic heterocycles. The number of nitrogens with zero attached hydrogens (tertiary/aromatic N) is 2. The number of rotatable bonds is 6. The number of carbonyl (C=O) groups excluding carboxylic acids is 1. The number of hydrogen-bond donors (Lipinski definition) is 3. The van der Waals surface area contributed by atoms with Crippen LogP contribution in [-0.2, 0) is 6.54 Å². The number of amides is 2. The van der Waals surface area contributed by atoms with Crippen LogP contribution in [0.25, 0.3) is 0 Å². The van der Waals surface area contributed by atoms with Gasteiger partial charge >= 0.3 is 6.03 Å². The Labute approximate surface area is 112 Å². The van der Waals surface area contributed by atoms with Gasteiger partial charge in [-0.3, -0.25) is 4.68 Å². The number of urea groups is 1. The van der Waals surface area contributed by atoms with Crippen molar-refractivity contribution in [2.75, 3.05) is 13.2 Å². The van der Waals surface area contributed by atoms with Crippen LogP contribution in [0.2, 0.25) is 0 Å². The first kappa shape index (κ1) is 13.6. The molecule has 2 rings (SSSR count). The molecule has 1 aliphatic rings. The fraction of sp³-hybridized carbons (Fsp3) is 0.538. The van der Waals surface area contributed by atoms with E-state index in [1.807, 2.05) is 29.1 Å². The van der Waals surface area contributed by atoms with Crippen LogP contribution in [0.5, 0.6) is 0 Å². The van der Waals surface area contributed by atoms with Crippen LogP contribution < -0.4 is 10.6 Å². The molecule has 0 unspecified atom stereocenters. The summed E-state index contributed by atoms with van der Waals surface area (Å²) in [6.45, 7) is 1.55. The predicted octanol–water partition coefficient (Wildman–Crippen LogP) is 0.509. The number of nitrogens with one attached hydrogen (secondary N) is 2. The molecular weight excluding hydrogens is 244 g/mol. The van der Waals surface area contributed by atoms with Crippen molar-refractivity contribution in [3.8, 4) is 0 Å². The van der Waals surface area contributed by atoms with Crippen molar-refractivity contribution >= 4 is 6.03 Å². The molecule has 0 saturated carbocycles. The van der Waals surface area contributed by atoms with E-state index < -0.39 is 0 Å². The van der Waals surface area contributed by atoms with Gasteiger partial charge in [0.25, 0.3) is 0 Å². The molecule has 1 heterocycles. The summed E-state index contributed by atoms with van der Waals surface area (Å²) in [4.78, 5) is 11.6. The molecule has 0 fully saturated rings. The summed E-state index contributed by atoms with van der Waals surface area (Å²) in [5, 5.41) is 18.8. The lowest BCUT2D eigenvalue weighted by Gasteiger charge is -2.13. The second-order valence-electron chi connectivity index (χ2n) is 4.69. The molecule has 1 aromatic rings. The summed E-state index contributed by atoms with van der Waals surface area (Å²) in [5.74, 6) is 0.171. The van der Waals surface area contributed by atoms with E-state index in [1.54, 1.807) is 6.20 Å². The van der Waals surface area contributed by atoms with Gasteiger partial charge in [-0.15, -0.1) is 0 Å². The van der Waals surface area contributed by atoms with E-state index in [2.05, 4.69) is 15.7 Å². The van der Waals surface area contributed by atoms with Crippen LogP contribution in [-0.4, -0.2) is 40.1 Å². The largest absolute Gasteiger partial charge is 0.396 e. The van der Waals surface area contributed by atoms with Crippen molar-refractivity contribution in [2.45, 2.75) is 25.4 Å². The highest BCUT2D eigenvalue weighted by Gasteiger charge is 2.19. The highest BCUT2D eigenvalue weighted by atomic mass is 16.3. The quantitative estimate of drug-likeness (QED) is 0.517. The number of aliphatic hydroxyl groups is 1. The van der Waals surface area contributed by atoms with E-state index in [0.29, 0.717) is 6.54 Å². The zero-order chi connectivity index (χ0) is 13.5. The van der Waals surface area contributed by atoms with Crippen LogP contribution in [0.4, 0.5) is 4.79 Å². The Bertz CT molecular complexity index is 416. The minimum atomic E-state index is -0.159. The molecule has 0 spiro atoms. The van der Waals surface area contributed by atoms with Crippen LogP contribution >= 0.6 is 0 Å². The van der Waals surface area contributed by atoms with Crippen molar-refractivity contribution in [1.82, 2.24) is 20.4 Å². The second kappa shape index (κ2) is 6.94. The lowest BCUT2D eigenvalue weighted by molar-refractivity contribution is 0.231. The summed E-state index contributed by atoms with van der Waals surface area (Å²) in [6, 6.07) is 1.75. The van der Waals surface area contributed by atoms with E-state index in [0.717, 1.165) is 19.4 Å². The Hall–Kier alpha value is -1.82. The molecule has 1 aromatic heterocycles. The Balaban J connectivity index is 1.56. The summed E-state index contributed by atoms with van der Waals surface area (Å²) in [6.07, 6.45) is 9.14. The highest BCUT2D eigenvalue weighted by Crippen LogP contribution is 2.16. The van der Waals surface area contributed by atoms with Crippen molar-refractivity contribution in [3.63, 3.8) is 0 Å². The Morgan fingerprint density at radius 1 is 1.47 bits per heavy atom. The lowest BCUT2D eigenvalue weighted by Crippen LogP contribution is -2.41. The van der Waals surface area contributed by atoms with Gasteiger partial charge in [-0.25, -0.2) is 4.79 Å². The molecule has 19 heavy (non-hydrogen) atoms. The molecule has 1 aliphatic carbocycles. The Morgan fingerprint density at radius 2 is 2.37 bits per heavy atom. The van der Waals surface area contributed by atoms with Gasteiger partial charge in [-0.1, -0.05) is 12.2 Å². The molecule has 3 N–H and O–H groups in total. The monoisotopic (exact) mass is 264 g/mol. The molecule has 0 saturated heterocycles. The van der Waals surface area contributed by atoms with Gasteiger partial charge in [0.1, 0.15) is 0 Å². The van der Waals surface area contributed by atoms with Crippen LogP contribution in [0, 0.1) is 5.92 Å². The number of aryl methyl sites for hydroxylation is 1. The smallest absolute Gasteiger partial charge is 0.315 e. The number of aromatic nitrogens is 2. The van der Waals surface area contributed by atoms with Gasteiger partial charge in [0.05, 0.1) is 0 Å². The minimum absolute atomic E-state index is 0.0308. The topological polar surface area (TPSA) is 79.2 Å². The Kier molecular flexibility index (Phi) is 4.97. The number of hydrogen-bond acceptors (Lipinski definition) is 3. The van der Waals surface area contributed by atoms with E-state index in [4.69, 9.17) is 5.11 Å². The van der Waals surface area contributed by atoms with E-state index >= 15 is 0 Å². The molecule has 0 bridgehead atoms. The number of carbonyl (C=O) groups is 1. The number of aliphatic hydroxyl groups excluding tert-OH is 1. The maximum atomic E-state index is 11.6. The maximum Gasteiger partial charge on any atom is 0.315 e.